The smallest absolute Gasteiger partial charge is 0.257 e. The molecule has 0 radical (unpaired) electrons. The van der Waals surface area contributed by atoms with E-state index in [2.05, 4.69) is 5.32 Å². The van der Waals surface area contributed by atoms with Gasteiger partial charge in [0.1, 0.15) is 0 Å². The molecule has 0 atom stereocenters. The zero-order chi connectivity index (χ0) is 11.8. The summed E-state index contributed by atoms with van der Waals surface area (Å²) >= 11 is 0. The quantitative estimate of drug-likeness (QED) is 0.734. The van der Waals surface area contributed by atoms with Crippen molar-refractivity contribution in [3.8, 4) is 0 Å². The standard InChI is InChI=1S/C11H22FNO/c1-9(2,3)11(6,7)13-8(14)10(4,5)12/h1-7H3,(H,13,14). The second-order valence-corrected chi connectivity index (χ2v) is 5.80. The first kappa shape index (κ1) is 13.4. The van der Waals surface area contributed by atoms with E-state index in [9.17, 15) is 9.18 Å². The van der Waals surface area contributed by atoms with Crippen molar-refractivity contribution in [2.75, 3.05) is 0 Å². The summed E-state index contributed by atoms with van der Waals surface area (Å²) in [5, 5.41) is 2.72. The Bertz CT molecular complexity index is 220. The molecule has 0 aliphatic carbocycles. The van der Waals surface area contributed by atoms with Gasteiger partial charge in [0.15, 0.2) is 5.67 Å². The molecule has 14 heavy (non-hydrogen) atoms. The maximum Gasteiger partial charge on any atom is 0.257 e. The maximum atomic E-state index is 13.3. The van der Waals surface area contributed by atoms with E-state index in [1.165, 1.54) is 13.8 Å². The summed E-state index contributed by atoms with van der Waals surface area (Å²) in [7, 11) is 0. The lowest BCUT2D eigenvalue weighted by Crippen LogP contribution is -2.56. The van der Waals surface area contributed by atoms with Crippen LogP contribution in [-0.2, 0) is 4.79 Å². The van der Waals surface area contributed by atoms with Crippen molar-refractivity contribution in [3.05, 3.63) is 0 Å². The Morgan fingerprint density at radius 3 is 1.57 bits per heavy atom. The predicted octanol–water partition coefficient (Wildman–Crippen LogP) is 2.68. The van der Waals surface area contributed by atoms with E-state index in [1.807, 2.05) is 34.6 Å². The molecular weight excluding hydrogens is 181 g/mol. The van der Waals surface area contributed by atoms with Crippen LogP contribution in [0.1, 0.15) is 48.5 Å². The largest absolute Gasteiger partial charge is 0.348 e. The van der Waals surface area contributed by atoms with E-state index in [0.29, 0.717) is 0 Å². The number of rotatable bonds is 2. The van der Waals surface area contributed by atoms with Gasteiger partial charge >= 0.3 is 0 Å². The highest BCUT2D eigenvalue weighted by atomic mass is 19.1. The van der Waals surface area contributed by atoms with Crippen molar-refractivity contribution in [1.82, 2.24) is 5.32 Å². The molecule has 1 N–H and O–H groups in total. The van der Waals surface area contributed by atoms with Gasteiger partial charge in [-0.15, -0.1) is 0 Å². The molecule has 0 aromatic rings. The van der Waals surface area contributed by atoms with Crippen LogP contribution in [0.3, 0.4) is 0 Å². The van der Waals surface area contributed by atoms with Gasteiger partial charge in [-0.3, -0.25) is 4.79 Å². The summed E-state index contributed by atoms with van der Waals surface area (Å²) in [5.41, 5.74) is -2.34. The third-order valence-corrected chi connectivity index (χ3v) is 2.84. The van der Waals surface area contributed by atoms with Gasteiger partial charge in [0.2, 0.25) is 0 Å². The molecule has 0 rings (SSSR count). The van der Waals surface area contributed by atoms with Crippen LogP contribution in [-0.4, -0.2) is 17.1 Å². The van der Waals surface area contributed by atoms with Crippen molar-refractivity contribution < 1.29 is 9.18 Å². The number of carbonyl (C=O) groups excluding carboxylic acids is 1. The molecule has 84 valence electrons. The van der Waals surface area contributed by atoms with E-state index in [4.69, 9.17) is 0 Å². The molecule has 0 aliphatic heterocycles. The summed E-state index contributed by atoms with van der Waals surface area (Å²) in [4.78, 5) is 11.4. The van der Waals surface area contributed by atoms with E-state index < -0.39 is 17.1 Å². The fourth-order valence-electron chi connectivity index (χ4n) is 0.620. The zero-order valence-corrected chi connectivity index (χ0v) is 10.3. The summed E-state index contributed by atoms with van der Waals surface area (Å²) in [6.07, 6.45) is 0. The minimum atomic E-state index is -1.82. The molecule has 0 aliphatic rings. The number of hydrogen-bond acceptors (Lipinski definition) is 1. The topological polar surface area (TPSA) is 29.1 Å². The average molecular weight is 203 g/mol. The zero-order valence-electron chi connectivity index (χ0n) is 10.3. The van der Waals surface area contributed by atoms with E-state index in [1.54, 1.807) is 0 Å². The summed E-state index contributed by atoms with van der Waals surface area (Å²) in [5.74, 6) is -0.558. The molecule has 0 aromatic carbocycles. The lowest BCUT2D eigenvalue weighted by atomic mass is 9.76. The molecule has 0 spiro atoms. The number of amides is 1. The molecule has 0 aromatic heterocycles. The molecule has 0 unspecified atom stereocenters. The Morgan fingerprint density at radius 1 is 1.00 bits per heavy atom. The van der Waals surface area contributed by atoms with Crippen molar-refractivity contribution in [1.29, 1.82) is 0 Å². The highest BCUT2D eigenvalue weighted by Gasteiger charge is 2.38. The number of nitrogens with one attached hydrogen (secondary N) is 1. The third kappa shape index (κ3) is 3.28. The normalized spacial score (nSPS) is 14.0. The van der Waals surface area contributed by atoms with Gasteiger partial charge in [-0.1, -0.05) is 20.8 Å². The SMILES string of the molecule is CC(C)(F)C(=O)NC(C)(C)C(C)(C)C. The van der Waals surface area contributed by atoms with Crippen LogP contribution in [0, 0.1) is 5.41 Å². The van der Waals surface area contributed by atoms with Gasteiger partial charge in [0.05, 0.1) is 0 Å². The Balaban J connectivity index is 4.62. The van der Waals surface area contributed by atoms with Gasteiger partial charge in [0.25, 0.3) is 5.91 Å². The maximum absolute atomic E-state index is 13.3. The van der Waals surface area contributed by atoms with Crippen molar-refractivity contribution in [2.24, 2.45) is 5.41 Å². The lowest BCUT2D eigenvalue weighted by Gasteiger charge is -2.40. The number of alkyl halides is 1. The van der Waals surface area contributed by atoms with Crippen LogP contribution >= 0.6 is 0 Å². The second kappa shape index (κ2) is 3.52. The van der Waals surface area contributed by atoms with E-state index >= 15 is 0 Å². The fraction of sp³-hybridized carbons (Fsp3) is 0.909. The first-order chi connectivity index (χ1) is 5.88. The molecular formula is C11H22FNO. The lowest BCUT2D eigenvalue weighted by molar-refractivity contribution is -0.133. The molecule has 0 fully saturated rings. The Labute approximate surface area is 86.3 Å². The summed E-state index contributed by atoms with van der Waals surface area (Å²) < 4.78 is 13.3. The Hall–Kier alpha value is -0.600. The van der Waals surface area contributed by atoms with Crippen LogP contribution in [0.2, 0.25) is 0 Å². The van der Waals surface area contributed by atoms with Crippen LogP contribution in [0.5, 0.6) is 0 Å². The minimum Gasteiger partial charge on any atom is -0.348 e. The highest BCUT2D eigenvalue weighted by Crippen LogP contribution is 2.30. The molecule has 2 nitrogen and oxygen atoms in total. The number of halogens is 1. The number of hydrogen-bond donors (Lipinski definition) is 1. The average Bonchev–Trinajstić information content (AvgIpc) is 1.80. The van der Waals surface area contributed by atoms with E-state index in [0.717, 1.165) is 0 Å². The summed E-state index contributed by atoms with van der Waals surface area (Å²) in [6.45, 7) is 12.4. The molecule has 0 bridgehead atoms. The highest BCUT2D eigenvalue weighted by molar-refractivity contribution is 5.84. The monoisotopic (exact) mass is 203 g/mol. The van der Waals surface area contributed by atoms with Gasteiger partial charge < -0.3 is 5.32 Å². The van der Waals surface area contributed by atoms with Gasteiger partial charge in [-0.05, 0) is 33.1 Å². The first-order valence-electron chi connectivity index (χ1n) is 4.89. The minimum absolute atomic E-state index is 0.103. The Kier molecular flexibility index (Phi) is 3.37. The molecule has 0 saturated heterocycles. The van der Waals surface area contributed by atoms with Crippen molar-refractivity contribution in [3.63, 3.8) is 0 Å². The summed E-state index contributed by atoms with van der Waals surface area (Å²) in [6, 6.07) is 0. The number of carbonyl (C=O) groups is 1. The molecule has 0 heterocycles. The Morgan fingerprint density at radius 2 is 1.36 bits per heavy atom. The molecule has 0 saturated carbocycles. The van der Waals surface area contributed by atoms with Crippen molar-refractivity contribution >= 4 is 5.91 Å². The van der Waals surface area contributed by atoms with Crippen LogP contribution in [0.25, 0.3) is 0 Å². The van der Waals surface area contributed by atoms with E-state index in [-0.39, 0.29) is 5.41 Å². The fourth-order valence-corrected chi connectivity index (χ4v) is 0.620. The van der Waals surface area contributed by atoms with Gasteiger partial charge in [-0.2, -0.15) is 0 Å². The van der Waals surface area contributed by atoms with Crippen LogP contribution in [0.15, 0.2) is 0 Å². The van der Waals surface area contributed by atoms with Crippen LogP contribution < -0.4 is 5.32 Å². The van der Waals surface area contributed by atoms with Gasteiger partial charge in [0, 0.05) is 5.54 Å². The first-order valence-corrected chi connectivity index (χ1v) is 4.89. The van der Waals surface area contributed by atoms with Gasteiger partial charge in [-0.25, -0.2) is 4.39 Å². The molecule has 1 amide bonds. The van der Waals surface area contributed by atoms with Crippen LogP contribution in [0.4, 0.5) is 4.39 Å². The third-order valence-electron chi connectivity index (χ3n) is 2.84. The molecule has 3 heteroatoms. The second-order valence-electron chi connectivity index (χ2n) is 5.80. The predicted molar refractivity (Wildman–Crippen MR) is 56.9 cm³/mol. The van der Waals surface area contributed by atoms with Crippen molar-refractivity contribution in [2.45, 2.75) is 59.7 Å².